The van der Waals surface area contributed by atoms with Crippen LogP contribution in [0.1, 0.15) is 39.7 Å². The molecule has 1 aliphatic heterocycles. The summed E-state index contributed by atoms with van der Waals surface area (Å²) in [7, 11) is 2.08. The van der Waals surface area contributed by atoms with E-state index in [9.17, 15) is 4.79 Å². The molecule has 1 fully saturated rings. The summed E-state index contributed by atoms with van der Waals surface area (Å²) in [5.74, 6) is 0.931. The van der Waals surface area contributed by atoms with Crippen molar-refractivity contribution in [1.82, 2.24) is 14.8 Å². The predicted molar refractivity (Wildman–Crippen MR) is 116 cm³/mol. The molecule has 0 saturated carbocycles. The fourth-order valence-electron chi connectivity index (χ4n) is 4.49. The summed E-state index contributed by atoms with van der Waals surface area (Å²) in [4.78, 5) is 21.4. The first-order valence-corrected chi connectivity index (χ1v) is 10.5. The van der Waals surface area contributed by atoms with Crippen molar-refractivity contribution < 1.29 is 14.4 Å². The van der Waals surface area contributed by atoms with Gasteiger partial charge in [-0.05, 0) is 61.3 Å². The van der Waals surface area contributed by atoms with Crippen molar-refractivity contribution in [2.24, 2.45) is 5.16 Å². The number of likely N-dealkylation sites (N-methyl/N-ethyl adjacent to an activating group) is 1. The lowest BCUT2D eigenvalue weighted by Gasteiger charge is -2.39. The molecule has 1 N–H and O–H groups in total. The van der Waals surface area contributed by atoms with Gasteiger partial charge in [0.15, 0.2) is 5.76 Å². The van der Waals surface area contributed by atoms with Crippen molar-refractivity contribution in [3.63, 3.8) is 0 Å². The number of fused-ring (bicyclic) bond motifs is 1. The van der Waals surface area contributed by atoms with E-state index in [-0.39, 0.29) is 11.9 Å². The molecule has 5 rings (SSSR count). The van der Waals surface area contributed by atoms with E-state index in [1.165, 1.54) is 0 Å². The van der Waals surface area contributed by atoms with Crippen LogP contribution in [0.2, 0.25) is 0 Å². The van der Waals surface area contributed by atoms with Crippen LogP contribution in [0.5, 0.6) is 0 Å². The molecule has 0 spiro atoms. The molecule has 1 unspecified atom stereocenters. The van der Waals surface area contributed by atoms with Gasteiger partial charge in [0.2, 0.25) is 0 Å². The molecule has 2 aliphatic rings. The van der Waals surface area contributed by atoms with Crippen LogP contribution >= 0.6 is 0 Å². The lowest BCUT2D eigenvalue weighted by Crippen LogP contribution is -2.48. The van der Waals surface area contributed by atoms with Crippen LogP contribution in [0.15, 0.2) is 64.4 Å². The summed E-state index contributed by atoms with van der Waals surface area (Å²) < 4.78 is 5.97. The van der Waals surface area contributed by atoms with Crippen molar-refractivity contribution in [2.75, 3.05) is 26.7 Å². The van der Waals surface area contributed by atoms with Gasteiger partial charge in [-0.2, -0.15) is 0 Å². The molecule has 1 atom stereocenters. The van der Waals surface area contributed by atoms with Crippen LogP contribution < -0.4 is 0 Å². The molecular formula is C24H24N4O3. The number of rotatable bonds is 3. The predicted octanol–water partition coefficient (Wildman–Crippen LogP) is 3.60. The minimum absolute atomic E-state index is 0.0886. The third kappa shape index (κ3) is 3.61. The topological polar surface area (TPSA) is 82.2 Å². The lowest BCUT2D eigenvalue weighted by atomic mass is 10.0. The van der Waals surface area contributed by atoms with Crippen molar-refractivity contribution >= 4 is 11.6 Å². The van der Waals surface area contributed by atoms with Crippen molar-refractivity contribution in [1.29, 1.82) is 0 Å². The number of aryl methyl sites for hydroxylation is 1. The SMILES string of the molecule is CN1CCN(C(=O)c2ccc(-c3ccc4c(c3)CCC4=NO)o2)CC1c1ccncc1. The highest BCUT2D eigenvalue weighted by molar-refractivity contribution is 6.04. The number of furan rings is 1. The highest BCUT2D eigenvalue weighted by Gasteiger charge is 2.30. The molecule has 1 aromatic carbocycles. The number of piperazine rings is 1. The normalized spacial score (nSPS) is 20.2. The van der Waals surface area contributed by atoms with Gasteiger partial charge >= 0.3 is 0 Å². The number of amides is 1. The number of hydrogen-bond acceptors (Lipinski definition) is 6. The zero-order valence-corrected chi connectivity index (χ0v) is 17.4. The molecule has 7 nitrogen and oxygen atoms in total. The van der Waals surface area contributed by atoms with Crippen LogP contribution in [0.4, 0.5) is 0 Å². The Kier molecular flexibility index (Phi) is 5.03. The first-order chi connectivity index (χ1) is 15.1. The van der Waals surface area contributed by atoms with E-state index in [0.29, 0.717) is 24.6 Å². The monoisotopic (exact) mass is 416 g/mol. The number of carbonyl (C=O) groups excluding carboxylic acids is 1. The molecule has 3 aromatic rings. The highest BCUT2D eigenvalue weighted by atomic mass is 16.4. The quantitative estimate of drug-likeness (QED) is 0.521. The van der Waals surface area contributed by atoms with Gasteiger partial charge in [-0.1, -0.05) is 17.3 Å². The number of nitrogens with zero attached hydrogens (tertiary/aromatic N) is 4. The van der Waals surface area contributed by atoms with Crippen LogP contribution in [-0.2, 0) is 6.42 Å². The van der Waals surface area contributed by atoms with Gasteiger partial charge in [0.25, 0.3) is 5.91 Å². The van der Waals surface area contributed by atoms with Gasteiger partial charge in [-0.25, -0.2) is 0 Å². The number of hydrogen-bond donors (Lipinski definition) is 1. The van der Waals surface area contributed by atoms with Crippen LogP contribution in [0.3, 0.4) is 0 Å². The van der Waals surface area contributed by atoms with Crippen LogP contribution in [0.25, 0.3) is 11.3 Å². The third-order valence-electron chi connectivity index (χ3n) is 6.30. The average molecular weight is 416 g/mol. The summed E-state index contributed by atoms with van der Waals surface area (Å²) in [6, 6.07) is 13.7. The summed E-state index contributed by atoms with van der Waals surface area (Å²) in [5.41, 5.74) is 4.90. The number of carbonyl (C=O) groups is 1. The Morgan fingerprint density at radius 1 is 1.13 bits per heavy atom. The Bertz CT molecular complexity index is 1140. The largest absolute Gasteiger partial charge is 0.451 e. The van der Waals surface area contributed by atoms with Gasteiger partial charge in [-0.15, -0.1) is 0 Å². The minimum Gasteiger partial charge on any atom is -0.451 e. The molecule has 0 bridgehead atoms. The first-order valence-electron chi connectivity index (χ1n) is 10.5. The number of pyridine rings is 1. The average Bonchev–Trinajstić information content (AvgIpc) is 3.46. The summed E-state index contributed by atoms with van der Waals surface area (Å²) in [5, 5.41) is 12.5. The summed E-state index contributed by atoms with van der Waals surface area (Å²) >= 11 is 0. The Morgan fingerprint density at radius 2 is 1.97 bits per heavy atom. The van der Waals surface area contributed by atoms with E-state index < -0.39 is 0 Å². The zero-order valence-electron chi connectivity index (χ0n) is 17.4. The molecular weight excluding hydrogens is 392 g/mol. The zero-order chi connectivity index (χ0) is 21.4. The summed E-state index contributed by atoms with van der Waals surface area (Å²) in [6.45, 7) is 2.07. The fourth-order valence-corrected chi connectivity index (χ4v) is 4.49. The standard InChI is InChI=1S/C24H24N4O3/c1-27-12-13-28(15-21(27)16-8-10-25-11-9-16)24(29)23-7-6-22(31-23)18-2-4-19-17(14-18)3-5-20(19)26-30/h2,4,6-11,14,21,30H,3,5,12-13,15H2,1H3. The molecule has 31 heavy (non-hydrogen) atoms. The first kappa shape index (κ1) is 19.5. The van der Waals surface area contributed by atoms with Gasteiger partial charge in [0.1, 0.15) is 5.76 Å². The van der Waals surface area contributed by atoms with Crippen LogP contribution in [0, 0.1) is 0 Å². The van der Waals surface area contributed by atoms with Crippen molar-refractivity contribution in [3.8, 4) is 11.3 Å². The second-order valence-electron chi connectivity index (χ2n) is 8.11. The molecule has 158 valence electrons. The molecule has 1 saturated heterocycles. The molecule has 0 radical (unpaired) electrons. The fraction of sp³-hybridized carbons (Fsp3) is 0.292. The molecule has 2 aromatic heterocycles. The Labute approximate surface area is 180 Å². The van der Waals surface area contributed by atoms with E-state index in [2.05, 4.69) is 28.2 Å². The minimum atomic E-state index is -0.0886. The molecule has 1 amide bonds. The van der Waals surface area contributed by atoms with Crippen molar-refractivity contribution in [2.45, 2.75) is 18.9 Å². The highest BCUT2D eigenvalue weighted by Crippen LogP contribution is 2.30. The number of oxime groups is 1. The second-order valence-corrected chi connectivity index (χ2v) is 8.11. The lowest BCUT2D eigenvalue weighted by molar-refractivity contribution is 0.0518. The smallest absolute Gasteiger partial charge is 0.289 e. The van der Waals surface area contributed by atoms with E-state index in [1.54, 1.807) is 18.5 Å². The van der Waals surface area contributed by atoms with E-state index in [0.717, 1.165) is 47.4 Å². The van der Waals surface area contributed by atoms with Crippen LogP contribution in [-0.4, -0.2) is 58.3 Å². The Morgan fingerprint density at radius 3 is 2.77 bits per heavy atom. The molecule has 3 heterocycles. The van der Waals surface area contributed by atoms with E-state index in [1.807, 2.05) is 35.2 Å². The number of aromatic nitrogens is 1. The van der Waals surface area contributed by atoms with Crippen molar-refractivity contribution in [3.05, 3.63) is 77.3 Å². The molecule has 1 aliphatic carbocycles. The van der Waals surface area contributed by atoms with Gasteiger partial charge < -0.3 is 14.5 Å². The maximum absolute atomic E-state index is 13.2. The number of benzene rings is 1. The van der Waals surface area contributed by atoms with Gasteiger partial charge in [0, 0.05) is 43.2 Å². The molecule has 7 heteroatoms. The Balaban J connectivity index is 1.35. The third-order valence-corrected chi connectivity index (χ3v) is 6.30. The second kappa shape index (κ2) is 8.00. The Hall–Kier alpha value is -3.45. The van der Waals surface area contributed by atoms with E-state index >= 15 is 0 Å². The summed E-state index contributed by atoms with van der Waals surface area (Å²) in [6.07, 6.45) is 5.15. The van der Waals surface area contributed by atoms with E-state index in [4.69, 9.17) is 9.62 Å². The van der Waals surface area contributed by atoms with Gasteiger partial charge in [0.05, 0.1) is 11.8 Å². The maximum atomic E-state index is 13.2. The maximum Gasteiger partial charge on any atom is 0.289 e. The van der Waals surface area contributed by atoms with Gasteiger partial charge in [-0.3, -0.25) is 14.7 Å².